The van der Waals surface area contributed by atoms with E-state index in [0.29, 0.717) is 17.9 Å². The number of aliphatic hydroxyl groups is 1. The number of anilines is 2. The van der Waals surface area contributed by atoms with Gasteiger partial charge < -0.3 is 21.1 Å². The normalized spacial score (nSPS) is 10.1. The van der Waals surface area contributed by atoms with Crippen LogP contribution in [0.5, 0.6) is 0 Å². The van der Waals surface area contributed by atoms with Crippen LogP contribution in [0.15, 0.2) is 54.6 Å². The molecule has 0 spiro atoms. The van der Waals surface area contributed by atoms with E-state index in [4.69, 9.17) is 10.8 Å². The molecular weight excluding hydrogens is 266 g/mol. The van der Waals surface area contributed by atoms with Crippen molar-refractivity contribution in [1.29, 1.82) is 0 Å². The number of hydrogen-bond donors (Lipinski definition) is 3. The number of nitrogens with one attached hydrogen (secondary N) is 1. The van der Waals surface area contributed by atoms with Crippen LogP contribution in [0, 0.1) is 0 Å². The first kappa shape index (κ1) is 14.9. The van der Waals surface area contributed by atoms with Crippen LogP contribution in [0.4, 0.5) is 16.2 Å². The van der Waals surface area contributed by atoms with Gasteiger partial charge in [-0.15, -0.1) is 0 Å². The van der Waals surface area contributed by atoms with E-state index in [-0.39, 0.29) is 19.2 Å². The Bertz CT molecular complexity index is 587. The maximum absolute atomic E-state index is 12.3. The Morgan fingerprint density at radius 3 is 2.57 bits per heavy atom. The van der Waals surface area contributed by atoms with Gasteiger partial charge in [0.05, 0.1) is 6.61 Å². The number of carbonyl (C=O) groups excluding carboxylic acids is 1. The van der Waals surface area contributed by atoms with Gasteiger partial charge in [0, 0.05) is 24.5 Å². The largest absolute Gasteiger partial charge is 0.399 e. The van der Waals surface area contributed by atoms with Crippen molar-refractivity contribution in [3.05, 3.63) is 60.2 Å². The molecule has 0 aromatic heterocycles. The Hall–Kier alpha value is -2.53. The average Bonchev–Trinajstić information content (AvgIpc) is 2.48. The third-order valence-electron chi connectivity index (χ3n) is 3.01. The fourth-order valence-corrected chi connectivity index (χ4v) is 2.00. The van der Waals surface area contributed by atoms with Gasteiger partial charge in [-0.1, -0.05) is 36.4 Å². The summed E-state index contributed by atoms with van der Waals surface area (Å²) >= 11 is 0. The summed E-state index contributed by atoms with van der Waals surface area (Å²) in [6.07, 6.45) is 0. The van der Waals surface area contributed by atoms with Gasteiger partial charge in [-0.05, 0) is 23.8 Å². The molecule has 5 nitrogen and oxygen atoms in total. The van der Waals surface area contributed by atoms with Crippen molar-refractivity contribution >= 4 is 17.4 Å². The van der Waals surface area contributed by atoms with E-state index < -0.39 is 0 Å². The SMILES string of the molecule is Nc1cccc(NC(=O)N(CCO)Cc2ccccc2)c1. The van der Waals surface area contributed by atoms with Crippen molar-refractivity contribution < 1.29 is 9.90 Å². The van der Waals surface area contributed by atoms with Crippen molar-refractivity contribution in [3.63, 3.8) is 0 Å². The summed E-state index contributed by atoms with van der Waals surface area (Å²) in [6.45, 7) is 0.621. The fourth-order valence-electron chi connectivity index (χ4n) is 2.00. The number of benzene rings is 2. The van der Waals surface area contributed by atoms with Crippen molar-refractivity contribution in [2.45, 2.75) is 6.54 Å². The van der Waals surface area contributed by atoms with E-state index >= 15 is 0 Å². The van der Waals surface area contributed by atoms with Gasteiger partial charge >= 0.3 is 6.03 Å². The molecule has 0 aliphatic heterocycles. The first-order valence-electron chi connectivity index (χ1n) is 6.75. The van der Waals surface area contributed by atoms with Crippen LogP contribution in [-0.2, 0) is 6.54 Å². The fraction of sp³-hybridized carbons (Fsp3) is 0.188. The summed E-state index contributed by atoms with van der Waals surface area (Å²) < 4.78 is 0. The second-order valence-corrected chi connectivity index (χ2v) is 4.69. The zero-order chi connectivity index (χ0) is 15.1. The second kappa shape index (κ2) is 7.31. The van der Waals surface area contributed by atoms with E-state index in [1.54, 1.807) is 29.2 Å². The zero-order valence-electron chi connectivity index (χ0n) is 11.7. The molecule has 5 heteroatoms. The molecule has 21 heavy (non-hydrogen) atoms. The highest BCUT2D eigenvalue weighted by atomic mass is 16.3. The molecule has 4 N–H and O–H groups in total. The van der Waals surface area contributed by atoms with Gasteiger partial charge in [-0.25, -0.2) is 4.79 Å². The summed E-state index contributed by atoms with van der Waals surface area (Å²) in [4.78, 5) is 13.8. The maximum Gasteiger partial charge on any atom is 0.322 e. The lowest BCUT2D eigenvalue weighted by molar-refractivity contribution is 0.185. The minimum absolute atomic E-state index is 0.0861. The summed E-state index contributed by atoms with van der Waals surface area (Å²) in [5.74, 6) is 0. The maximum atomic E-state index is 12.3. The average molecular weight is 285 g/mol. The number of hydrogen-bond acceptors (Lipinski definition) is 3. The molecule has 2 amide bonds. The molecule has 2 aromatic rings. The number of carbonyl (C=O) groups is 1. The predicted octanol–water partition coefficient (Wildman–Crippen LogP) is 2.30. The molecule has 0 fully saturated rings. The lowest BCUT2D eigenvalue weighted by atomic mass is 10.2. The lowest BCUT2D eigenvalue weighted by Crippen LogP contribution is -2.36. The first-order chi connectivity index (χ1) is 10.2. The predicted molar refractivity (Wildman–Crippen MR) is 83.8 cm³/mol. The zero-order valence-corrected chi connectivity index (χ0v) is 11.7. The highest BCUT2D eigenvalue weighted by molar-refractivity contribution is 5.89. The van der Waals surface area contributed by atoms with E-state index in [0.717, 1.165) is 5.56 Å². The van der Waals surface area contributed by atoms with Gasteiger partial charge in [-0.2, -0.15) is 0 Å². The van der Waals surface area contributed by atoms with E-state index in [9.17, 15) is 4.79 Å². The first-order valence-corrected chi connectivity index (χ1v) is 6.75. The van der Waals surface area contributed by atoms with Gasteiger partial charge in [0.15, 0.2) is 0 Å². The van der Waals surface area contributed by atoms with E-state index in [2.05, 4.69) is 5.32 Å². The molecule has 2 aromatic carbocycles. The second-order valence-electron chi connectivity index (χ2n) is 4.69. The summed E-state index contributed by atoms with van der Waals surface area (Å²) in [6, 6.07) is 16.4. The number of aliphatic hydroxyl groups excluding tert-OH is 1. The third kappa shape index (κ3) is 4.50. The molecule has 0 heterocycles. The number of nitrogen functional groups attached to an aromatic ring is 1. The molecule has 0 atom stereocenters. The molecular formula is C16H19N3O2. The molecule has 0 radical (unpaired) electrons. The molecule has 0 aliphatic carbocycles. The molecule has 0 saturated carbocycles. The van der Waals surface area contributed by atoms with Crippen molar-refractivity contribution in [3.8, 4) is 0 Å². The van der Waals surface area contributed by atoms with Gasteiger partial charge in [0.1, 0.15) is 0 Å². The highest BCUT2D eigenvalue weighted by Gasteiger charge is 2.13. The molecule has 0 unspecified atom stereocenters. The lowest BCUT2D eigenvalue weighted by Gasteiger charge is -2.22. The van der Waals surface area contributed by atoms with Crippen LogP contribution in [0.25, 0.3) is 0 Å². The Balaban J connectivity index is 2.05. The van der Waals surface area contributed by atoms with Crippen LogP contribution in [0.2, 0.25) is 0 Å². The summed E-state index contributed by atoms with van der Waals surface area (Å²) in [5.41, 5.74) is 7.92. The monoisotopic (exact) mass is 285 g/mol. The van der Waals surface area contributed by atoms with Gasteiger partial charge in [0.25, 0.3) is 0 Å². The van der Waals surface area contributed by atoms with Crippen LogP contribution in [0.3, 0.4) is 0 Å². The van der Waals surface area contributed by atoms with Gasteiger partial charge in [-0.3, -0.25) is 0 Å². The topological polar surface area (TPSA) is 78.6 Å². The van der Waals surface area contributed by atoms with Crippen molar-refractivity contribution in [2.24, 2.45) is 0 Å². The Labute approximate surface area is 124 Å². The number of nitrogens with two attached hydrogens (primary N) is 1. The van der Waals surface area contributed by atoms with E-state index in [1.165, 1.54) is 0 Å². The van der Waals surface area contributed by atoms with Crippen LogP contribution in [0.1, 0.15) is 5.56 Å². The molecule has 0 bridgehead atoms. The number of rotatable bonds is 5. The third-order valence-corrected chi connectivity index (χ3v) is 3.01. The van der Waals surface area contributed by atoms with Gasteiger partial charge in [0.2, 0.25) is 0 Å². The molecule has 0 aliphatic rings. The number of amides is 2. The van der Waals surface area contributed by atoms with Crippen molar-refractivity contribution in [2.75, 3.05) is 24.2 Å². The Morgan fingerprint density at radius 1 is 1.14 bits per heavy atom. The minimum Gasteiger partial charge on any atom is -0.399 e. The summed E-state index contributed by atoms with van der Waals surface area (Å²) in [5, 5.41) is 11.9. The number of urea groups is 1. The van der Waals surface area contributed by atoms with E-state index in [1.807, 2.05) is 30.3 Å². The van der Waals surface area contributed by atoms with Crippen molar-refractivity contribution in [1.82, 2.24) is 4.90 Å². The molecule has 0 saturated heterocycles. The van der Waals surface area contributed by atoms with Crippen LogP contribution >= 0.6 is 0 Å². The standard InChI is InChI=1S/C16H19N3O2/c17-14-7-4-8-15(11-14)18-16(21)19(9-10-20)12-13-5-2-1-3-6-13/h1-8,11,20H,9-10,12,17H2,(H,18,21). The summed E-state index contributed by atoms with van der Waals surface area (Å²) in [7, 11) is 0. The molecule has 110 valence electrons. The molecule has 2 rings (SSSR count). The highest BCUT2D eigenvalue weighted by Crippen LogP contribution is 2.13. The Morgan fingerprint density at radius 2 is 1.90 bits per heavy atom. The Kier molecular flexibility index (Phi) is 5.17. The number of nitrogens with zero attached hydrogens (tertiary/aromatic N) is 1. The van der Waals surface area contributed by atoms with Crippen LogP contribution in [-0.4, -0.2) is 29.2 Å². The quantitative estimate of drug-likeness (QED) is 0.737. The minimum atomic E-state index is -0.265. The smallest absolute Gasteiger partial charge is 0.322 e. The van der Waals surface area contributed by atoms with Crippen LogP contribution < -0.4 is 11.1 Å².